The van der Waals surface area contributed by atoms with Crippen molar-refractivity contribution in [2.75, 3.05) is 13.2 Å². The molecule has 0 fully saturated rings. The van der Waals surface area contributed by atoms with Crippen LogP contribution in [0.25, 0.3) is 11.0 Å². The first-order valence-corrected chi connectivity index (χ1v) is 8.88. The maximum Gasteiger partial charge on any atom is 0.336 e. The zero-order valence-corrected chi connectivity index (χ0v) is 14.9. The largest absolute Gasteiger partial charge is 0.483 e. The molecule has 2 heterocycles. The highest BCUT2D eigenvalue weighted by atomic mass is 32.1. The minimum Gasteiger partial charge on any atom is -0.483 e. The molecule has 0 aliphatic rings. The normalized spacial score (nSPS) is 10.8. The van der Waals surface area contributed by atoms with Crippen molar-refractivity contribution in [3.63, 3.8) is 0 Å². The van der Waals surface area contributed by atoms with Crippen LogP contribution in [0.3, 0.4) is 0 Å². The molecule has 0 radical (unpaired) electrons. The summed E-state index contributed by atoms with van der Waals surface area (Å²) in [6.45, 7) is 4.18. The second kappa shape index (κ2) is 7.53. The Morgan fingerprint density at radius 3 is 2.88 bits per heavy atom. The van der Waals surface area contributed by atoms with Crippen molar-refractivity contribution in [1.29, 1.82) is 0 Å². The number of nitrogens with one attached hydrogen (secondary N) is 1. The molecule has 6 heteroatoms. The Kier molecular flexibility index (Phi) is 5.19. The highest BCUT2D eigenvalue weighted by molar-refractivity contribution is 7.09. The maximum absolute atomic E-state index is 11.9. The fourth-order valence-electron chi connectivity index (χ4n) is 2.63. The highest BCUT2D eigenvalue weighted by Gasteiger charge is 2.11. The van der Waals surface area contributed by atoms with Crippen LogP contribution in [0.4, 0.5) is 0 Å². The van der Waals surface area contributed by atoms with Crippen molar-refractivity contribution >= 4 is 28.2 Å². The Labute approximate surface area is 149 Å². The third kappa shape index (κ3) is 4.09. The monoisotopic (exact) mass is 357 g/mol. The van der Waals surface area contributed by atoms with Gasteiger partial charge in [-0.05, 0) is 49.4 Å². The number of amides is 1. The van der Waals surface area contributed by atoms with Crippen LogP contribution in [-0.4, -0.2) is 19.1 Å². The van der Waals surface area contributed by atoms with E-state index < -0.39 is 5.63 Å². The lowest BCUT2D eigenvalue weighted by molar-refractivity contribution is -0.123. The van der Waals surface area contributed by atoms with E-state index in [9.17, 15) is 9.59 Å². The molecule has 0 aliphatic heterocycles. The fraction of sp³-hybridized carbons (Fsp3) is 0.263. The van der Waals surface area contributed by atoms with Gasteiger partial charge < -0.3 is 14.5 Å². The van der Waals surface area contributed by atoms with Gasteiger partial charge in [0.05, 0.1) is 0 Å². The molecule has 3 aromatic rings. The first kappa shape index (κ1) is 17.2. The number of fused-ring (bicyclic) bond motifs is 1. The lowest BCUT2D eigenvalue weighted by Crippen LogP contribution is -2.30. The molecule has 3 rings (SSSR count). The number of aryl methyl sites for hydroxylation is 2. The van der Waals surface area contributed by atoms with Gasteiger partial charge in [-0.3, -0.25) is 4.79 Å². The van der Waals surface area contributed by atoms with Crippen molar-refractivity contribution in [1.82, 2.24) is 5.32 Å². The first-order valence-electron chi connectivity index (χ1n) is 8.00. The van der Waals surface area contributed by atoms with Gasteiger partial charge in [0.1, 0.15) is 11.3 Å². The molecule has 5 nitrogen and oxygen atoms in total. The van der Waals surface area contributed by atoms with Crippen LogP contribution in [-0.2, 0) is 11.2 Å². The summed E-state index contributed by atoms with van der Waals surface area (Å²) in [5.74, 6) is 0.358. The van der Waals surface area contributed by atoms with E-state index in [1.165, 1.54) is 10.9 Å². The summed E-state index contributed by atoms with van der Waals surface area (Å²) in [7, 11) is 0. The third-order valence-electron chi connectivity index (χ3n) is 3.95. The van der Waals surface area contributed by atoms with Crippen molar-refractivity contribution < 1.29 is 13.9 Å². The van der Waals surface area contributed by atoms with Gasteiger partial charge in [-0.15, -0.1) is 11.3 Å². The average molecular weight is 357 g/mol. The van der Waals surface area contributed by atoms with Crippen LogP contribution in [0.5, 0.6) is 5.75 Å². The first-order chi connectivity index (χ1) is 12.0. The Morgan fingerprint density at radius 1 is 1.28 bits per heavy atom. The summed E-state index contributed by atoms with van der Waals surface area (Å²) in [6, 6.07) is 9.13. The van der Waals surface area contributed by atoms with E-state index >= 15 is 0 Å². The predicted octanol–water partition coefficient (Wildman–Crippen LogP) is 3.21. The quantitative estimate of drug-likeness (QED) is 0.688. The number of carbonyl (C=O) groups excluding carboxylic acids is 1. The van der Waals surface area contributed by atoms with Crippen LogP contribution in [0.2, 0.25) is 0 Å². The zero-order valence-electron chi connectivity index (χ0n) is 14.1. The van der Waals surface area contributed by atoms with Gasteiger partial charge in [0.25, 0.3) is 5.91 Å². The van der Waals surface area contributed by atoms with Gasteiger partial charge in [-0.1, -0.05) is 6.07 Å². The molecule has 0 unspecified atom stereocenters. The Bertz CT molecular complexity index is 944. The summed E-state index contributed by atoms with van der Waals surface area (Å²) in [5, 5.41) is 5.72. The number of carbonyl (C=O) groups is 1. The topological polar surface area (TPSA) is 68.5 Å². The lowest BCUT2D eigenvalue weighted by Gasteiger charge is -2.11. The Balaban J connectivity index is 1.62. The Morgan fingerprint density at radius 2 is 2.12 bits per heavy atom. The standard InChI is InChI=1S/C19H19NO4S/c1-12-10-18(22)24-19-13(2)16(6-5-15(12)19)23-11-17(21)20-8-7-14-4-3-9-25-14/h3-6,9-10H,7-8,11H2,1-2H3,(H,20,21). The van der Waals surface area contributed by atoms with Crippen LogP contribution < -0.4 is 15.7 Å². The summed E-state index contributed by atoms with van der Waals surface area (Å²) in [6.07, 6.45) is 0.808. The Hall–Kier alpha value is -2.60. The summed E-state index contributed by atoms with van der Waals surface area (Å²) in [4.78, 5) is 24.7. The molecule has 0 spiro atoms. The second-order valence-electron chi connectivity index (χ2n) is 5.78. The molecule has 130 valence electrons. The lowest BCUT2D eigenvalue weighted by atomic mass is 10.1. The number of hydrogen-bond acceptors (Lipinski definition) is 5. The van der Waals surface area contributed by atoms with E-state index in [1.54, 1.807) is 17.4 Å². The molecule has 1 amide bonds. The smallest absolute Gasteiger partial charge is 0.336 e. The van der Waals surface area contributed by atoms with Crippen molar-refractivity contribution in [3.8, 4) is 5.75 Å². The van der Waals surface area contributed by atoms with Gasteiger partial charge in [0.15, 0.2) is 6.61 Å². The number of ether oxygens (including phenoxy) is 1. The van der Waals surface area contributed by atoms with Gasteiger partial charge in [0, 0.05) is 28.4 Å². The van der Waals surface area contributed by atoms with Crippen molar-refractivity contribution in [3.05, 3.63) is 62.1 Å². The average Bonchev–Trinajstić information content (AvgIpc) is 3.08. The van der Waals surface area contributed by atoms with Crippen LogP contribution in [0, 0.1) is 13.8 Å². The zero-order chi connectivity index (χ0) is 17.8. The van der Waals surface area contributed by atoms with E-state index in [-0.39, 0.29) is 12.5 Å². The molecular weight excluding hydrogens is 338 g/mol. The molecule has 0 aliphatic carbocycles. The summed E-state index contributed by atoms with van der Waals surface area (Å²) < 4.78 is 10.9. The second-order valence-corrected chi connectivity index (χ2v) is 6.81. The number of rotatable bonds is 6. The minimum atomic E-state index is -0.392. The molecule has 0 saturated carbocycles. The van der Waals surface area contributed by atoms with E-state index in [0.717, 1.165) is 17.4 Å². The predicted molar refractivity (Wildman–Crippen MR) is 98.5 cm³/mol. The van der Waals surface area contributed by atoms with Crippen LogP contribution >= 0.6 is 11.3 Å². The van der Waals surface area contributed by atoms with Crippen molar-refractivity contribution in [2.45, 2.75) is 20.3 Å². The van der Waals surface area contributed by atoms with Gasteiger partial charge >= 0.3 is 5.63 Å². The molecule has 1 N–H and O–H groups in total. The number of hydrogen-bond donors (Lipinski definition) is 1. The SMILES string of the molecule is Cc1cc(=O)oc2c(C)c(OCC(=O)NCCc3cccs3)ccc12. The van der Waals surface area contributed by atoms with E-state index in [2.05, 4.69) is 5.32 Å². The maximum atomic E-state index is 11.9. The van der Waals surface area contributed by atoms with Crippen molar-refractivity contribution in [2.24, 2.45) is 0 Å². The minimum absolute atomic E-state index is 0.0766. The number of benzene rings is 1. The molecule has 0 saturated heterocycles. The van der Waals surface area contributed by atoms with Crippen LogP contribution in [0.1, 0.15) is 16.0 Å². The van der Waals surface area contributed by atoms with Gasteiger partial charge in [-0.2, -0.15) is 0 Å². The van der Waals surface area contributed by atoms with Gasteiger partial charge in [0.2, 0.25) is 0 Å². The van der Waals surface area contributed by atoms with E-state index in [0.29, 0.717) is 23.4 Å². The van der Waals surface area contributed by atoms with E-state index in [4.69, 9.17) is 9.15 Å². The fourth-order valence-corrected chi connectivity index (χ4v) is 3.34. The third-order valence-corrected chi connectivity index (χ3v) is 4.89. The highest BCUT2D eigenvalue weighted by Crippen LogP contribution is 2.28. The molecule has 1 aromatic carbocycles. The molecule has 0 atom stereocenters. The van der Waals surface area contributed by atoms with E-state index in [1.807, 2.05) is 37.4 Å². The van der Waals surface area contributed by atoms with Crippen LogP contribution in [0.15, 0.2) is 44.9 Å². The molecule has 0 bridgehead atoms. The summed E-state index contributed by atoms with van der Waals surface area (Å²) in [5.41, 5.74) is 1.68. The van der Waals surface area contributed by atoms with Gasteiger partial charge in [-0.25, -0.2) is 4.79 Å². The summed E-state index contributed by atoms with van der Waals surface area (Å²) >= 11 is 1.67. The molecule has 25 heavy (non-hydrogen) atoms. The molecular formula is C19H19NO4S. The number of thiophene rings is 1. The molecule has 2 aromatic heterocycles.